The number of hydrogen-bond donors (Lipinski definition) is 1. The summed E-state index contributed by atoms with van der Waals surface area (Å²) in [6, 6.07) is 8.74. The predicted molar refractivity (Wildman–Crippen MR) is 86.3 cm³/mol. The molecule has 0 saturated heterocycles. The Morgan fingerprint density at radius 3 is 2.76 bits per heavy atom. The van der Waals surface area contributed by atoms with Gasteiger partial charge in [0, 0.05) is 18.6 Å². The molecule has 3 rings (SSSR count). The minimum atomic E-state index is 0.207. The molecule has 3 heteroatoms. The molecule has 0 spiro atoms. The Balaban J connectivity index is 1.79. The first-order valence-electron chi connectivity index (χ1n) is 8.43. The number of hydrogen-bond acceptors (Lipinski definition) is 3. The van der Waals surface area contributed by atoms with E-state index in [2.05, 4.69) is 36.1 Å². The Bertz CT molecular complexity index is 468. The van der Waals surface area contributed by atoms with E-state index in [9.17, 15) is 0 Å². The molecular formula is C18H28N2O. The van der Waals surface area contributed by atoms with Gasteiger partial charge in [0.1, 0.15) is 0 Å². The molecular weight excluding hydrogens is 260 g/mol. The highest BCUT2D eigenvalue weighted by atomic mass is 16.5. The van der Waals surface area contributed by atoms with Gasteiger partial charge in [-0.25, -0.2) is 0 Å². The number of benzene rings is 1. The van der Waals surface area contributed by atoms with Gasteiger partial charge >= 0.3 is 0 Å². The van der Waals surface area contributed by atoms with Gasteiger partial charge in [-0.1, -0.05) is 44.0 Å². The fraction of sp³-hybridized carbons (Fsp3) is 0.667. The van der Waals surface area contributed by atoms with Crippen LogP contribution >= 0.6 is 0 Å². The Morgan fingerprint density at radius 2 is 2.05 bits per heavy atom. The van der Waals surface area contributed by atoms with Crippen molar-refractivity contribution in [3.05, 3.63) is 35.4 Å². The van der Waals surface area contributed by atoms with E-state index >= 15 is 0 Å². The lowest BCUT2D eigenvalue weighted by Gasteiger charge is -2.42. The van der Waals surface area contributed by atoms with Crippen molar-refractivity contribution in [1.82, 2.24) is 4.90 Å². The first-order chi connectivity index (χ1) is 10.3. The summed E-state index contributed by atoms with van der Waals surface area (Å²) in [4.78, 5) is 2.59. The van der Waals surface area contributed by atoms with Crippen molar-refractivity contribution < 1.29 is 4.74 Å². The first-order valence-corrected chi connectivity index (χ1v) is 8.43. The second-order valence-corrected chi connectivity index (χ2v) is 6.48. The van der Waals surface area contributed by atoms with Gasteiger partial charge in [-0.05, 0) is 36.9 Å². The number of nitrogens with zero attached hydrogens (tertiary/aromatic N) is 1. The maximum absolute atomic E-state index is 6.16. The molecule has 0 aromatic heterocycles. The van der Waals surface area contributed by atoms with Crippen molar-refractivity contribution in [3.8, 4) is 0 Å². The SMILES string of the molecule is CCN(CC1OCCc2ccccc21)C1(CN)CCCC1. The molecule has 1 aliphatic carbocycles. The highest BCUT2D eigenvalue weighted by molar-refractivity contribution is 5.31. The Kier molecular flexibility index (Phi) is 4.63. The molecule has 0 amide bonds. The van der Waals surface area contributed by atoms with Crippen LogP contribution in [-0.2, 0) is 11.2 Å². The smallest absolute Gasteiger partial charge is 0.0954 e. The van der Waals surface area contributed by atoms with Crippen LogP contribution in [0.1, 0.15) is 49.8 Å². The van der Waals surface area contributed by atoms with Crippen LogP contribution in [0.4, 0.5) is 0 Å². The molecule has 1 aromatic carbocycles. The van der Waals surface area contributed by atoms with E-state index in [0.717, 1.165) is 32.7 Å². The zero-order chi connectivity index (χ0) is 14.7. The molecule has 116 valence electrons. The van der Waals surface area contributed by atoms with Crippen LogP contribution in [0, 0.1) is 0 Å². The Morgan fingerprint density at radius 1 is 1.29 bits per heavy atom. The molecule has 1 aliphatic heterocycles. The average molecular weight is 288 g/mol. The fourth-order valence-corrected chi connectivity index (χ4v) is 4.17. The van der Waals surface area contributed by atoms with Crippen LogP contribution < -0.4 is 5.73 Å². The van der Waals surface area contributed by atoms with Gasteiger partial charge in [-0.2, -0.15) is 0 Å². The highest BCUT2D eigenvalue weighted by Gasteiger charge is 2.39. The molecule has 2 N–H and O–H groups in total. The maximum atomic E-state index is 6.16. The molecule has 1 aromatic rings. The van der Waals surface area contributed by atoms with Crippen LogP contribution in [0.3, 0.4) is 0 Å². The summed E-state index contributed by atoms with van der Waals surface area (Å²) in [6.07, 6.45) is 6.36. The molecule has 3 nitrogen and oxygen atoms in total. The summed E-state index contributed by atoms with van der Waals surface area (Å²) >= 11 is 0. The number of ether oxygens (including phenoxy) is 1. The van der Waals surface area contributed by atoms with Crippen LogP contribution in [0.5, 0.6) is 0 Å². The third-order valence-electron chi connectivity index (χ3n) is 5.45. The number of likely N-dealkylation sites (N-methyl/N-ethyl adjacent to an activating group) is 1. The molecule has 1 unspecified atom stereocenters. The van der Waals surface area contributed by atoms with Gasteiger partial charge < -0.3 is 10.5 Å². The first kappa shape index (κ1) is 15.0. The van der Waals surface area contributed by atoms with E-state index in [1.54, 1.807) is 0 Å². The molecule has 0 radical (unpaired) electrons. The third-order valence-corrected chi connectivity index (χ3v) is 5.45. The van der Waals surface area contributed by atoms with Gasteiger partial charge in [-0.15, -0.1) is 0 Å². The summed E-state index contributed by atoms with van der Waals surface area (Å²) in [7, 11) is 0. The molecule has 0 bridgehead atoms. The minimum Gasteiger partial charge on any atom is -0.372 e. The van der Waals surface area contributed by atoms with Crippen molar-refractivity contribution >= 4 is 0 Å². The maximum Gasteiger partial charge on any atom is 0.0954 e. The number of rotatable bonds is 5. The van der Waals surface area contributed by atoms with Crippen molar-refractivity contribution in [2.75, 3.05) is 26.2 Å². The predicted octanol–water partition coefficient (Wildman–Crippen LogP) is 2.89. The van der Waals surface area contributed by atoms with Crippen LogP contribution in [0.2, 0.25) is 0 Å². The summed E-state index contributed by atoms with van der Waals surface area (Å²) in [5, 5.41) is 0. The van der Waals surface area contributed by atoms with E-state index in [1.165, 1.54) is 36.8 Å². The van der Waals surface area contributed by atoms with Crippen LogP contribution in [0.15, 0.2) is 24.3 Å². The van der Waals surface area contributed by atoms with E-state index in [1.807, 2.05) is 0 Å². The summed E-state index contributed by atoms with van der Waals surface area (Å²) in [5.41, 5.74) is 9.21. The standard InChI is InChI=1S/C18H28N2O/c1-2-20(18(14-19)10-5-6-11-18)13-17-16-8-4-3-7-15(16)9-12-21-17/h3-4,7-8,17H,2,5-6,9-14,19H2,1H3. The van der Waals surface area contributed by atoms with Gasteiger partial charge in [-0.3, -0.25) is 4.90 Å². The van der Waals surface area contributed by atoms with Crippen molar-refractivity contribution in [2.24, 2.45) is 5.73 Å². The van der Waals surface area contributed by atoms with Crippen molar-refractivity contribution in [2.45, 2.75) is 50.7 Å². The van der Waals surface area contributed by atoms with E-state index in [-0.39, 0.29) is 11.6 Å². The lowest BCUT2D eigenvalue weighted by Crippen LogP contribution is -2.53. The zero-order valence-corrected chi connectivity index (χ0v) is 13.2. The van der Waals surface area contributed by atoms with Gasteiger partial charge in [0.15, 0.2) is 0 Å². The Hall–Kier alpha value is -0.900. The van der Waals surface area contributed by atoms with Gasteiger partial charge in [0.25, 0.3) is 0 Å². The van der Waals surface area contributed by atoms with Crippen molar-refractivity contribution in [1.29, 1.82) is 0 Å². The van der Waals surface area contributed by atoms with E-state index in [0.29, 0.717) is 0 Å². The monoisotopic (exact) mass is 288 g/mol. The summed E-state index contributed by atoms with van der Waals surface area (Å²) in [5.74, 6) is 0. The average Bonchev–Trinajstić information content (AvgIpc) is 3.02. The molecule has 2 aliphatic rings. The zero-order valence-electron chi connectivity index (χ0n) is 13.2. The quantitative estimate of drug-likeness (QED) is 0.905. The van der Waals surface area contributed by atoms with Crippen molar-refractivity contribution in [3.63, 3.8) is 0 Å². The number of nitrogens with two attached hydrogens (primary N) is 1. The van der Waals surface area contributed by atoms with Crippen LogP contribution in [-0.4, -0.2) is 36.7 Å². The topological polar surface area (TPSA) is 38.5 Å². The molecule has 1 heterocycles. The molecule has 1 atom stereocenters. The third kappa shape index (κ3) is 2.87. The molecule has 1 saturated carbocycles. The molecule has 21 heavy (non-hydrogen) atoms. The Labute approximate surface area is 128 Å². The lowest BCUT2D eigenvalue weighted by molar-refractivity contribution is -0.0127. The summed E-state index contributed by atoms with van der Waals surface area (Å²) in [6.45, 7) is 5.90. The highest BCUT2D eigenvalue weighted by Crippen LogP contribution is 2.37. The van der Waals surface area contributed by atoms with Crippen LogP contribution in [0.25, 0.3) is 0 Å². The lowest BCUT2D eigenvalue weighted by atomic mass is 9.92. The second kappa shape index (κ2) is 6.47. The minimum absolute atomic E-state index is 0.207. The van der Waals surface area contributed by atoms with Gasteiger partial charge in [0.05, 0.1) is 12.7 Å². The number of fused-ring (bicyclic) bond motifs is 1. The van der Waals surface area contributed by atoms with E-state index in [4.69, 9.17) is 10.5 Å². The van der Waals surface area contributed by atoms with Gasteiger partial charge in [0.2, 0.25) is 0 Å². The normalized spacial score (nSPS) is 24.2. The molecule has 1 fully saturated rings. The van der Waals surface area contributed by atoms with E-state index < -0.39 is 0 Å². The summed E-state index contributed by atoms with van der Waals surface area (Å²) < 4.78 is 6.10. The second-order valence-electron chi connectivity index (χ2n) is 6.48. The largest absolute Gasteiger partial charge is 0.372 e. The fourth-order valence-electron chi connectivity index (χ4n) is 4.17.